The molecule has 0 radical (unpaired) electrons. The van der Waals surface area contributed by atoms with E-state index < -0.39 is 12.0 Å². The third-order valence-electron chi connectivity index (χ3n) is 6.00. The van der Waals surface area contributed by atoms with Gasteiger partial charge in [0.15, 0.2) is 18.7 Å². The summed E-state index contributed by atoms with van der Waals surface area (Å²) < 4.78 is 17.6. The van der Waals surface area contributed by atoms with Gasteiger partial charge in [0.1, 0.15) is 23.0 Å². The highest BCUT2D eigenvalue weighted by atomic mass is 16.5. The van der Waals surface area contributed by atoms with Gasteiger partial charge in [-0.25, -0.2) is 4.98 Å². The molecule has 0 aliphatic carbocycles. The molecule has 0 saturated carbocycles. The van der Waals surface area contributed by atoms with Gasteiger partial charge in [0.2, 0.25) is 0 Å². The average Bonchev–Trinajstić information content (AvgIpc) is 3.19. The van der Waals surface area contributed by atoms with E-state index in [2.05, 4.69) is 15.3 Å². The third kappa shape index (κ3) is 5.15. The van der Waals surface area contributed by atoms with E-state index in [-0.39, 0.29) is 24.1 Å². The summed E-state index contributed by atoms with van der Waals surface area (Å²) in [6.07, 6.45) is 2.89. The Morgan fingerprint density at radius 3 is 2.57 bits per heavy atom. The molecule has 3 amide bonds. The number of nitrogens with zero attached hydrogens (tertiary/aromatic N) is 4. The molecule has 1 saturated heterocycles. The standard InChI is InChI=1S/C26H25N5O6/c1-15-12-28-23(13-27-15)29-24(32)16-8-18(10-19(9-16)37-21-6-7-30(2)26(21)34)36-17-4-5-20-22(11-17)35-14-31(3)25(20)33/h4-5,8-13,21H,6-7,14H2,1-3H3,(H,28,29,32). The number of hydrogen-bond donors (Lipinski definition) is 1. The largest absolute Gasteiger partial charge is 0.480 e. The number of rotatable bonds is 6. The van der Waals surface area contributed by atoms with Gasteiger partial charge in [-0.1, -0.05) is 0 Å². The highest BCUT2D eigenvalue weighted by molar-refractivity contribution is 6.04. The Morgan fingerprint density at radius 1 is 1.03 bits per heavy atom. The molecule has 1 N–H and O–H groups in total. The van der Waals surface area contributed by atoms with Crippen LogP contribution in [0.4, 0.5) is 5.82 Å². The van der Waals surface area contributed by atoms with Crippen molar-refractivity contribution in [2.45, 2.75) is 19.4 Å². The average molecular weight is 504 g/mol. The van der Waals surface area contributed by atoms with Gasteiger partial charge >= 0.3 is 0 Å². The molecular formula is C26H25N5O6. The zero-order valence-corrected chi connectivity index (χ0v) is 20.6. The topological polar surface area (TPSA) is 123 Å². The van der Waals surface area contributed by atoms with Crippen LogP contribution < -0.4 is 19.5 Å². The summed E-state index contributed by atoms with van der Waals surface area (Å²) in [6, 6.07) is 9.58. The van der Waals surface area contributed by atoms with E-state index in [1.54, 1.807) is 68.5 Å². The number of likely N-dealkylation sites (tertiary alicyclic amines) is 1. The highest BCUT2D eigenvalue weighted by Crippen LogP contribution is 2.34. The lowest BCUT2D eigenvalue weighted by Gasteiger charge is -2.25. The van der Waals surface area contributed by atoms with E-state index in [0.717, 1.165) is 5.69 Å². The van der Waals surface area contributed by atoms with Crippen LogP contribution >= 0.6 is 0 Å². The van der Waals surface area contributed by atoms with E-state index in [4.69, 9.17) is 14.2 Å². The van der Waals surface area contributed by atoms with Crippen molar-refractivity contribution in [1.82, 2.24) is 19.8 Å². The number of ether oxygens (including phenoxy) is 3. The molecule has 1 atom stereocenters. The Morgan fingerprint density at radius 2 is 1.84 bits per heavy atom. The summed E-state index contributed by atoms with van der Waals surface area (Å²) in [7, 11) is 3.37. The van der Waals surface area contributed by atoms with Gasteiger partial charge in [0.25, 0.3) is 17.7 Å². The third-order valence-corrected chi connectivity index (χ3v) is 6.00. The van der Waals surface area contributed by atoms with Crippen molar-refractivity contribution in [2.75, 3.05) is 32.7 Å². The van der Waals surface area contributed by atoms with E-state index in [9.17, 15) is 14.4 Å². The Kier molecular flexibility index (Phi) is 6.34. The quantitative estimate of drug-likeness (QED) is 0.545. The fraction of sp³-hybridized carbons (Fsp3) is 0.269. The second kappa shape index (κ2) is 9.76. The van der Waals surface area contributed by atoms with Gasteiger partial charge in [-0.15, -0.1) is 0 Å². The molecular weight excluding hydrogens is 478 g/mol. The van der Waals surface area contributed by atoms with Gasteiger partial charge < -0.3 is 29.3 Å². The molecule has 1 unspecified atom stereocenters. The Labute approximate surface area is 213 Å². The van der Waals surface area contributed by atoms with Gasteiger partial charge in [-0.2, -0.15) is 0 Å². The Balaban J connectivity index is 1.43. The SMILES string of the molecule is Cc1cnc(NC(=O)c2cc(Oc3ccc4c(c3)OCN(C)C4=O)cc(OC3CCN(C)C3=O)c2)cn1. The molecule has 11 heteroatoms. The van der Waals surface area contributed by atoms with Crippen molar-refractivity contribution in [1.29, 1.82) is 0 Å². The number of aryl methyl sites for hydroxylation is 1. The normalized spacial score (nSPS) is 16.8. The number of nitrogens with one attached hydrogen (secondary N) is 1. The molecule has 190 valence electrons. The first-order chi connectivity index (χ1) is 17.8. The number of carbonyl (C=O) groups is 3. The first-order valence-corrected chi connectivity index (χ1v) is 11.6. The highest BCUT2D eigenvalue weighted by Gasteiger charge is 2.31. The number of likely N-dealkylation sites (N-methyl/N-ethyl adjacent to an activating group) is 1. The van der Waals surface area contributed by atoms with Crippen LogP contribution in [0.2, 0.25) is 0 Å². The number of anilines is 1. The number of carbonyl (C=O) groups excluding carboxylic acids is 3. The van der Waals surface area contributed by atoms with Crippen molar-refractivity contribution in [3.63, 3.8) is 0 Å². The Bertz CT molecular complexity index is 1380. The van der Waals surface area contributed by atoms with E-state index >= 15 is 0 Å². The maximum Gasteiger partial charge on any atom is 0.263 e. The van der Waals surface area contributed by atoms with Crippen molar-refractivity contribution in [3.05, 3.63) is 65.6 Å². The molecule has 11 nitrogen and oxygen atoms in total. The zero-order chi connectivity index (χ0) is 26.1. The van der Waals surface area contributed by atoms with Crippen LogP contribution in [0.5, 0.6) is 23.0 Å². The van der Waals surface area contributed by atoms with Gasteiger partial charge in [0.05, 0.1) is 23.7 Å². The van der Waals surface area contributed by atoms with Gasteiger partial charge in [0, 0.05) is 44.8 Å². The summed E-state index contributed by atoms with van der Waals surface area (Å²) >= 11 is 0. The van der Waals surface area contributed by atoms with Crippen LogP contribution in [0, 0.1) is 6.92 Å². The minimum Gasteiger partial charge on any atom is -0.480 e. The monoisotopic (exact) mass is 503 g/mol. The van der Waals surface area contributed by atoms with Gasteiger partial charge in [-0.05, 0) is 31.2 Å². The molecule has 1 aromatic heterocycles. The molecule has 0 spiro atoms. The second-order valence-corrected chi connectivity index (χ2v) is 8.88. The smallest absolute Gasteiger partial charge is 0.263 e. The van der Waals surface area contributed by atoms with Crippen LogP contribution in [0.15, 0.2) is 48.8 Å². The molecule has 3 heterocycles. The predicted octanol–water partition coefficient (Wildman–Crippen LogP) is 2.86. The van der Waals surface area contributed by atoms with Crippen molar-refractivity contribution >= 4 is 23.5 Å². The minimum absolute atomic E-state index is 0.131. The maximum absolute atomic E-state index is 13.0. The fourth-order valence-corrected chi connectivity index (χ4v) is 3.97. The van der Waals surface area contributed by atoms with Crippen molar-refractivity contribution < 1.29 is 28.6 Å². The lowest BCUT2D eigenvalue weighted by Crippen LogP contribution is -2.35. The molecule has 2 aromatic carbocycles. The first-order valence-electron chi connectivity index (χ1n) is 11.6. The van der Waals surface area contributed by atoms with E-state index in [1.165, 1.54) is 11.1 Å². The summed E-state index contributed by atoms with van der Waals surface area (Å²) in [4.78, 5) is 49.1. The molecule has 5 rings (SSSR count). The summed E-state index contributed by atoms with van der Waals surface area (Å²) in [5, 5.41) is 2.70. The van der Waals surface area contributed by atoms with E-state index in [1.807, 2.05) is 0 Å². The number of benzene rings is 2. The Hall–Kier alpha value is -4.67. The summed E-state index contributed by atoms with van der Waals surface area (Å²) in [6.45, 7) is 2.52. The van der Waals surface area contributed by atoms with Crippen LogP contribution in [0.1, 0.15) is 32.8 Å². The maximum atomic E-state index is 13.0. The van der Waals surface area contributed by atoms with Crippen LogP contribution in [0.3, 0.4) is 0 Å². The summed E-state index contributed by atoms with van der Waals surface area (Å²) in [5.41, 5.74) is 1.39. The number of aromatic nitrogens is 2. The van der Waals surface area contributed by atoms with Gasteiger partial charge in [-0.3, -0.25) is 19.4 Å². The number of hydrogen-bond acceptors (Lipinski definition) is 8. The first kappa shape index (κ1) is 24.0. The molecule has 37 heavy (non-hydrogen) atoms. The summed E-state index contributed by atoms with van der Waals surface area (Å²) in [5.74, 6) is 0.975. The number of fused-ring (bicyclic) bond motifs is 1. The molecule has 2 aliphatic heterocycles. The van der Waals surface area contributed by atoms with Crippen molar-refractivity contribution in [2.24, 2.45) is 0 Å². The number of amides is 3. The predicted molar refractivity (Wildman–Crippen MR) is 132 cm³/mol. The zero-order valence-electron chi connectivity index (χ0n) is 20.6. The fourth-order valence-electron chi connectivity index (χ4n) is 3.97. The van der Waals surface area contributed by atoms with Crippen LogP contribution in [-0.4, -0.2) is 71.0 Å². The van der Waals surface area contributed by atoms with Crippen LogP contribution in [-0.2, 0) is 4.79 Å². The molecule has 3 aromatic rings. The molecule has 0 bridgehead atoms. The lowest BCUT2D eigenvalue weighted by molar-refractivity contribution is -0.132. The lowest BCUT2D eigenvalue weighted by atomic mass is 10.1. The van der Waals surface area contributed by atoms with Crippen LogP contribution in [0.25, 0.3) is 0 Å². The second-order valence-electron chi connectivity index (χ2n) is 8.88. The minimum atomic E-state index is -0.653. The van der Waals surface area contributed by atoms with E-state index in [0.29, 0.717) is 47.3 Å². The van der Waals surface area contributed by atoms with Crippen molar-refractivity contribution in [3.8, 4) is 23.0 Å². The molecule has 1 fully saturated rings. The molecule has 2 aliphatic rings.